The predicted molar refractivity (Wildman–Crippen MR) is 277 cm³/mol. The second kappa shape index (κ2) is 14.4. The third kappa shape index (κ3) is 5.38. The minimum Gasteiger partial charge on any atom is -0.310 e. The van der Waals surface area contributed by atoms with Gasteiger partial charge in [0.05, 0.1) is 5.69 Å². The Morgan fingerprint density at radius 1 is 0.323 bits per heavy atom. The summed E-state index contributed by atoms with van der Waals surface area (Å²) in [6.07, 6.45) is 0. The van der Waals surface area contributed by atoms with Crippen LogP contribution >= 0.6 is 0 Å². The van der Waals surface area contributed by atoms with Crippen molar-refractivity contribution >= 4 is 45.9 Å². The topological polar surface area (TPSA) is 3.24 Å². The molecule has 0 radical (unpaired) electrons. The molecule has 306 valence electrons. The van der Waals surface area contributed by atoms with Crippen molar-refractivity contribution < 1.29 is 0 Å². The van der Waals surface area contributed by atoms with Crippen LogP contribution in [0.25, 0.3) is 66.8 Å². The third-order valence-electron chi connectivity index (χ3n) is 14.7. The number of nitrogens with zero attached hydrogens (tertiary/aromatic N) is 1. The van der Waals surface area contributed by atoms with Crippen molar-refractivity contribution in [1.82, 2.24) is 0 Å². The van der Waals surface area contributed by atoms with E-state index < -0.39 is 8.07 Å². The maximum absolute atomic E-state index is 2.86. The van der Waals surface area contributed by atoms with E-state index in [1.165, 1.54) is 98.6 Å². The largest absolute Gasteiger partial charge is 0.310 e. The van der Waals surface area contributed by atoms with Gasteiger partial charge in [0.1, 0.15) is 0 Å². The monoisotopic (exact) mass is 843 g/mol. The SMILES string of the molecule is CC1(C)c2ccccc2-c2ccc(N(c3cccc(-c4ccccc4)c3)c3cccc(-c4ccccc4)c3-c3cccc4c3[Si]3(c5ccccc5-c5ccccc53)c3ccccc3-4)cc21. The number of anilines is 3. The fourth-order valence-corrected chi connectivity index (χ4v) is 17.8. The molecule has 10 aromatic rings. The number of benzene rings is 10. The molecule has 65 heavy (non-hydrogen) atoms. The fraction of sp³-hybridized carbons (Fsp3) is 0.0476. The summed E-state index contributed by atoms with van der Waals surface area (Å²) in [5.74, 6) is 0. The van der Waals surface area contributed by atoms with Gasteiger partial charge in [0.25, 0.3) is 0 Å². The highest BCUT2D eigenvalue weighted by Gasteiger charge is 2.55. The van der Waals surface area contributed by atoms with Crippen molar-refractivity contribution in [3.63, 3.8) is 0 Å². The quantitative estimate of drug-likeness (QED) is 0.151. The van der Waals surface area contributed by atoms with E-state index in [-0.39, 0.29) is 5.41 Å². The molecule has 10 aromatic carbocycles. The van der Waals surface area contributed by atoms with Gasteiger partial charge in [-0.25, -0.2) is 0 Å². The van der Waals surface area contributed by atoms with Crippen molar-refractivity contribution in [1.29, 1.82) is 0 Å². The van der Waals surface area contributed by atoms with E-state index in [1.807, 2.05) is 0 Å². The molecule has 1 spiro atoms. The van der Waals surface area contributed by atoms with Gasteiger partial charge in [0.2, 0.25) is 0 Å². The van der Waals surface area contributed by atoms with E-state index in [0.717, 1.165) is 17.1 Å². The van der Waals surface area contributed by atoms with Crippen LogP contribution in [0, 0.1) is 0 Å². The Labute approximate surface area is 382 Å². The van der Waals surface area contributed by atoms with Crippen molar-refractivity contribution in [2.24, 2.45) is 0 Å². The van der Waals surface area contributed by atoms with Crippen LogP contribution in [-0.4, -0.2) is 8.07 Å². The molecule has 1 nitrogen and oxygen atoms in total. The molecule has 0 aromatic heterocycles. The van der Waals surface area contributed by atoms with Gasteiger partial charge in [-0.05, 0) is 123 Å². The van der Waals surface area contributed by atoms with Gasteiger partial charge >= 0.3 is 0 Å². The average molecular weight is 844 g/mol. The Kier molecular flexibility index (Phi) is 8.34. The van der Waals surface area contributed by atoms with Crippen LogP contribution in [0.2, 0.25) is 0 Å². The van der Waals surface area contributed by atoms with Crippen LogP contribution in [0.5, 0.6) is 0 Å². The van der Waals surface area contributed by atoms with Crippen molar-refractivity contribution in [2.75, 3.05) is 4.90 Å². The lowest BCUT2D eigenvalue weighted by Crippen LogP contribution is -2.71. The third-order valence-corrected chi connectivity index (χ3v) is 19.7. The Morgan fingerprint density at radius 3 is 1.49 bits per heavy atom. The molecule has 0 saturated carbocycles. The normalized spacial score (nSPS) is 13.9. The highest BCUT2D eigenvalue weighted by atomic mass is 28.3. The van der Waals surface area contributed by atoms with Crippen molar-refractivity contribution in [2.45, 2.75) is 19.3 Å². The molecule has 0 fully saturated rings. The zero-order valence-corrected chi connectivity index (χ0v) is 37.5. The number of rotatable bonds is 6. The highest BCUT2D eigenvalue weighted by molar-refractivity contribution is 7.24. The van der Waals surface area contributed by atoms with Gasteiger partial charge in [0, 0.05) is 22.4 Å². The second-order valence-corrected chi connectivity index (χ2v) is 21.9. The first-order valence-corrected chi connectivity index (χ1v) is 24.8. The summed E-state index contributed by atoms with van der Waals surface area (Å²) in [5, 5.41) is 5.91. The molecule has 2 heteroatoms. The van der Waals surface area contributed by atoms with E-state index in [2.05, 4.69) is 255 Å². The standard InChI is InChI=1S/C63H45NSi/c1-63(2)55-33-13-9-26-48(55)49-39-38-46(41-56(49)63)64(45-25-17-24-44(40-45)42-20-5-3-6-21-42)57-34-19-30-47(43-22-7-4-8-23-43)61(57)54-32-18-31-53-52-29-12-16-37-60(52)65(62(53)54)58-35-14-10-27-50(58)51-28-11-15-36-59(51)65/h3-41H,1-2H3. The van der Waals surface area contributed by atoms with Crippen LogP contribution in [0.3, 0.4) is 0 Å². The zero-order chi connectivity index (χ0) is 43.3. The maximum Gasteiger partial charge on any atom is 0.182 e. The van der Waals surface area contributed by atoms with Crippen molar-refractivity contribution in [3.8, 4) is 66.8 Å². The lowest BCUT2D eigenvalue weighted by Gasteiger charge is -2.33. The van der Waals surface area contributed by atoms with Crippen LogP contribution < -0.4 is 25.6 Å². The molecule has 0 atom stereocenters. The van der Waals surface area contributed by atoms with E-state index >= 15 is 0 Å². The van der Waals surface area contributed by atoms with Gasteiger partial charge in [-0.15, -0.1) is 0 Å². The number of hydrogen-bond donors (Lipinski definition) is 0. The van der Waals surface area contributed by atoms with E-state index in [4.69, 9.17) is 0 Å². The summed E-state index contributed by atoms with van der Waals surface area (Å²) >= 11 is 0. The number of fused-ring (bicyclic) bond motifs is 13. The molecule has 0 unspecified atom stereocenters. The van der Waals surface area contributed by atoms with Crippen LogP contribution in [0.15, 0.2) is 237 Å². The first-order valence-electron chi connectivity index (χ1n) is 22.8. The molecule has 3 aliphatic rings. The predicted octanol–water partition coefficient (Wildman–Crippen LogP) is 13.8. The summed E-state index contributed by atoms with van der Waals surface area (Å²) in [7, 11) is -2.86. The summed E-state index contributed by atoms with van der Waals surface area (Å²) in [6.45, 7) is 4.77. The Hall–Kier alpha value is -7.78. The second-order valence-electron chi connectivity index (χ2n) is 18.3. The van der Waals surface area contributed by atoms with Gasteiger partial charge in [-0.1, -0.05) is 220 Å². The average Bonchev–Trinajstić information content (AvgIpc) is 3.93. The minimum absolute atomic E-state index is 0.165. The molecular weight excluding hydrogens is 799 g/mol. The highest BCUT2D eigenvalue weighted by Crippen LogP contribution is 2.53. The summed E-state index contributed by atoms with van der Waals surface area (Å²) in [5.41, 5.74) is 21.4. The Morgan fingerprint density at radius 2 is 0.800 bits per heavy atom. The lowest BCUT2D eigenvalue weighted by atomic mass is 9.82. The summed E-state index contributed by atoms with van der Waals surface area (Å²) in [6, 6.07) is 89.2. The molecule has 0 saturated heterocycles. The molecule has 2 heterocycles. The van der Waals surface area contributed by atoms with Gasteiger partial charge in [-0.3, -0.25) is 0 Å². The fourth-order valence-electron chi connectivity index (χ4n) is 11.9. The lowest BCUT2D eigenvalue weighted by molar-refractivity contribution is 0.660. The van der Waals surface area contributed by atoms with Crippen LogP contribution in [0.4, 0.5) is 17.1 Å². The van der Waals surface area contributed by atoms with Gasteiger partial charge in [0.15, 0.2) is 8.07 Å². The van der Waals surface area contributed by atoms with Gasteiger partial charge < -0.3 is 4.90 Å². The minimum atomic E-state index is -2.86. The first-order chi connectivity index (χ1) is 32.0. The molecule has 1 aliphatic carbocycles. The smallest absolute Gasteiger partial charge is 0.182 e. The summed E-state index contributed by atoms with van der Waals surface area (Å²) in [4.78, 5) is 2.56. The molecule has 0 N–H and O–H groups in total. The van der Waals surface area contributed by atoms with Crippen molar-refractivity contribution in [3.05, 3.63) is 248 Å². The molecular formula is C63H45NSi. The zero-order valence-electron chi connectivity index (χ0n) is 36.5. The molecule has 13 rings (SSSR count). The maximum atomic E-state index is 2.56. The van der Waals surface area contributed by atoms with Crippen LogP contribution in [-0.2, 0) is 5.41 Å². The molecule has 0 bridgehead atoms. The van der Waals surface area contributed by atoms with E-state index in [1.54, 1.807) is 0 Å². The molecule has 0 amide bonds. The first kappa shape index (κ1) is 37.7. The molecule has 2 aliphatic heterocycles. The van der Waals surface area contributed by atoms with E-state index in [0.29, 0.717) is 0 Å². The van der Waals surface area contributed by atoms with Gasteiger partial charge in [-0.2, -0.15) is 0 Å². The Balaban J connectivity index is 1.15. The Bertz CT molecular complexity index is 3470. The van der Waals surface area contributed by atoms with E-state index in [9.17, 15) is 0 Å². The number of hydrogen-bond acceptors (Lipinski definition) is 1. The summed E-state index contributed by atoms with van der Waals surface area (Å²) < 4.78 is 0. The van der Waals surface area contributed by atoms with Crippen LogP contribution in [0.1, 0.15) is 25.0 Å².